The molecule has 0 fully saturated rings. The summed E-state index contributed by atoms with van der Waals surface area (Å²) in [6.45, 7) is 6.80. The minimum atomic E-state index is -0.725. The number of rotatable bonds is 9. The zero-order valence-corrected chi connectivity index (χ0v) is 26.5. The van der Waals surface area contributed by atoms with Gasteiger partial charge in [-0.25, -0.2) is 4.79 Å². The van der Waals surface area contributed by atoms with Crippen LogP contribution in [0.2, 0.25) is 0 Å². The zero-order chi connectivity index (χ0) is 33.0. The first-order valence-corrected chi connectivity index (χ1v) is 14.5. The van der Waals surface area contributed by atoms with Crippen molar-refractivity contribution in [2.45, 2.75) is 33.3 Å². The monoisotopic (exact) mass is 630 g/mol. The van der Waals surface area contributed by atoms with E-state index < -0.39 is 36.5 Å². The van der Waals surface area contributed by atoms with Crippen molar-refractivity contribution < 1.29 is 52.7 Å². The van der Waals surface area contributed by atoms with E-state index >= 15 is 0 Å². The number of fused-ring (bicyclic) bond motifs is 2. The summed E-state index contributed by atoms with van der Waals surface area (Å²) in [5.41, 5.74) is 1.39. The van der Waals surface area contributed by atoms with Crippen LogP contribution in [0.15, 0.2) is 30.3 Å². The highest BCUT2D eigenvalue weighted by Crippen LogP contribution is 2.36. The van der Waals surface area contributed by atoms with Gasteiger partial charge in [0.2, 0.25) is 0 Å². The van der Waals surface area contributed by atoms with Gasteiger partial charge < -0.3 is 43.3 Å². The first-order chi connectivity index (χ1) is 21.4. The minimum absolute atomic E-state index is 0.0289. The molecule has 0 unspecified atom stereocenters. The molecule has 45 heavy (non-hydrogen) atoms. The van der Waals surface area contributed by atoms with Crippen LogP contribution in [0.5, 0.6) is 17.2 Å². The second-order valence-electron chi connectivity index (χ2n) is 11.2. The molecule has 1 aliphatic heterocycles. The molecule has 2 aromatic rings. The van der Waals surface area contributed by atoms with Crippen LogP contribution in [-0.2, 0) is 28.6 Å². The number of methoxy groups -OCH3 is 1. The number of aliphatic hydroxyl groups excluding tert-OH is 1. The summed E-state index contributed by atoms with van der Waals surface area (Å²) in [4.78, 5) is 52.4. The van der Waals surface area contributed by atoms with E-state index in [4.69, 9.17) is 28.4 Å². The highest BCUT2D eigenvalue weighted by Gasteiger charge is 2.23. The number of nitrogens with zero attached hydrogens (tertiary/aromatic N) is 2. The predicted octanol–water partition coefficient (Wildman–Crippen LogP) is 2.36. The van der Waals surface area contributed by atoms with Crippen molar-refractivity contribution >= 4 is 35.4 Å². The second-order valence-corrected chi connectivity index (χ2v) is 11.2. The van der Waals surface area contributed by atoms with Gasteiger partial charge in [-0.15, -0.1) is 0 Å². The van der Waals surface area contributed by atoms with Gasteiger partial charge in [0.15, 0.2) is 18.7 Å². The zero-order valence-electron chi connectivity index (χ0n) is 26.5. The summed E-state index contributed by atoms with van der Waals surface area (Å²) in [5, 5.41) is 9.50. The van der Waals surface area contributed by atoms with Crippen molar-refractivity contribution in [1.29, 1.82) is 0 Å². The molecule has 0 bridgehead atoms. The van der Waals surface area contributed by atoms with Gasteiger partial charge >= 0.3 is 11.9 Å². The molecule has 3 rings (SSSR count). The van der Waals surface area contributed by atoms with Crippen molar-refractivity contribution in [3.63, 3.8) is 0 Å². The van der Waals surface area contributed by atoms with Crippen LogP contribution in [0.4, 0.5) is 11.4 Å². The molecule has 0 aromatic heterocycles. The number of Topliss-reactive ketones (excluding diaryl/α,β-unsaturated/α-hetero) is 1. The van der Waals surface area contributed by atoms with Crippen molar-refractivity contribution in [2.75, 3.05) is 82.7 Å². The summed E-state index contributed by atoms with van der Waals surface area (Å²) >= 11 is 0. The Morgan fingerprint density at radius 1 is 0.911 bits per heavy atom. The van der Waals surface area contributed by atoms with Gasteiger partial charge in [-0.1, -0.05) is 6.07 Å². The van der Waals surface area contributed by atoms with E-state index in [1.165, 1.54) is 19.2 Å². The van der Waals surface area contributed by atoms with Gasteiger partial charge in [0.25, 0.3) is 0 Å². The molecule has 0 atom stereocenters. The number of aldehydes is 1. The SMILES string of the molecule is COC(=O)CN1CCOCCN(CC(=O)CO)c2cc(OCC(=O)OC(C)(C)C)c(C=O)cc2OCCOc2cc(C)ccc21. The van der Waals surface area contributed by atoms with Gasteiger partial charge in [-0.05, 0) is 51.5 Å². The lowest BCUT2D eigenvalue weighted by Gasteiger charge is -2.27. The fourth-order valence-corrected chi connectivity index (χ4v) is 4.46. The molecule has 2 aromatic carbocycles. The molecule has 246 valence electrons. The minimum Gasteiger partial charge on any atom is -0.488 e. The van der Waals surface area contributed by atoms with Crippen molar-refractivity contribution in [3.05, 3.63) is 41.5 Å². The average Bonchev–Trinajstić information content (AvgIpc) is 2.99. The van der Waals surface area contributed by atoms with E-state index in [0.29, 0.717) is 30.0 Å². The number of esters is 2. The Morgan fingerprint density at radius 2 is 1.56 bits per heavy atom. The Morgan fingerprint density at radius 3 is 2.16 bits per heavy atom. The molecule has 13 heteroatoms. The average molecular weight is 631 g/mol. The highest BCUT2D eigenvalue weighted by molar-refractivity contribution is 5.87. The molecule has 0 saturated carbocycles. The van der Waals surface area contributed by atoms with Crippen LogP contribution >= 0.6 is 0 Å². The number of aryl methyl sites for hydroxylation is 1. The molecule has 0 aliphatic carbocycles. The number of hydrogen-bond acceptors (Lipinski definition) is 13. The lowest BCUT2D eigenvalue weighted by Crippen LogP contribution is -2.36. The van der Waals surface area contributed by atoms with Crippen molar-refractivity contribution in [3.8, 4) is 17.2 Å². The fraction of sp³-hybridized carbons (Fsp3) is 0.500. The van der Waals surface area contributed by atoms with Crippen LogP contribution in [0.3, 0.4) is 0 Å². The van der Waals surface area contributed by atoms with E-state index in [-0.39, 0.29) is 63.1 Å². The Kier molecular flexibility index (Phi) is 13.0. The number of ether oxygens (including phenoxy) is 6. The number of aliphatic hydroxyl groups is 1. The maximum absolute atomic E-state index is 12.4. The van der Waals surface area contributed by atoms with Crippen LogP contribution in [-0.4, -0.2) is 108 Å². The van der Waals surface area contributed by atoms with Gasteiger partial charge in [0.05, 0.1) is 43.8 Å². The lowest BCUT2D eigenvalue weighted by atomic mass is 10.1. The molecule has 0 spiro atoms. The molecular weight excluding hydrogens is 588 g/mol. The van der Waals surface area contributed by atoms with E-state index in [1.54, 1.807) is 30.6 Å². The van der Waals surface area contributed by atoms with Crippen LogP contribution < -0.4 is 24.0 Å². The number of carbonyl (C=O) groups is 4. The van der Waals surface area contributed by atoms with Crippen LogP contribution in [0.1, 0.15) is 36.7 Å². The standard InChI is InChI=1S/C32H42N2O11/c1-22-6-7-25-28(14-22)42-12-13-43-29-15-23(19-35)27(44-21-31(39)45-32(2,3)4)16-26(29)33(17-24(37)20-36)8-10-41-11-9-34(25)18-30(38)40-5/h6-7,14-16,19,36H,8-13,17-18,20-21H2,1-5H3. The van der Waals surface area contributed by atoms with Crippen LogP contribution in [0.25, 0.3) is 0 Å². The lowest BCUT2D eigenvalue weighted by molar-refractivity contribution is -0.157. The van der Waals surface area contributed by atoms with E-state index in [9.17, 15) is 24.3 Å². The smallest absolute Gasteiger partial charge is 0.344 e. The number of anilines is 2. The normalized spacial score (nSPS) is 14.4. The summed E-state index contributed by atoms with van der Waals surface area (Å²) < 4.78 is 34.0. The molecule has 0 saturated heterocycles. The maximum atomic E-state index is 12.4. The first kappa shape index (κ1) is 35.1. The Labute approximate surface area is 262 Å². The highest BCUT2D eigenvalue weighted by atomic mass is 16.6. The van der Waals surface area contributed by atoms with Crippen LogP contribution in [0, 0.1) is 6.92 Å². The maximum Gasteiger partial charge on any atom is 0.344 e. The first-order valence-electron chi connectivity index (χ1n) is 14.5. The fourth-order valence-electron chi connectivity index (χ4n) is 4.46. The summed E-state index contributed by atoms with van der Waals surface area (Å²) in [6, 6.07) is 8.59. The van der Waals surface area contributed by atoms with Gasteiger partial charge in [0, 0.05) is 19.2 Å². The molecular formula is C32H42N2O11. The van der Waals surface area contributed by atoms with Crippen molar-refractivity contribution in [1.82, 2.24) is 0 Å². The van der Waals surface area contributed by atoms with Gasteiger partial charge in [-0.2, -0.15) is 0 Å². The topological polar surface area (TPSA) is 150 Å². The van der Waals surface area contributed by atoms with Crippen molar-refractivity contribution in [2.24, 2.45) is 0 Å². The summed E-state index contributed by atoms with van der Waals surface area (Å²) in [7, 11) is 1.32. The molecule has 1 N–H and O–H groups in total. The van der Waals surface area contributed by atoms with Gasteiger partial charge in [0.1, 0.15) is 49.2 Å². The van der Waals surface area contributed by atoms with E-state index in [1.807, 2.05) is 25.1 Å². The molecule has 13 nitrogen and oxygen atoms in total. The number of ketones is 1. The molecule has 1 heterocycles. The predicted molar refractivity (Wildman–Crippen MR) is 165 cm³/mol. The molecule has 0 amide bonds. The molecule has 0 radical (unpaired) electrons. The summed E-state index contributed by atoms with van der Waals surface area (Å²) in [6.07, 6.45) is 0.571. The van der Waals surface area contributed by atoms with E-state index in [2.05, 4.69) is 0 Å². The van der Waals surface area contributed by atoms with Gasteiger partial charge in [-0.3, -0.25) is 14.4 Å². The third-order valence-corrected chi connectivity index (χ3v) is 6.48. The third kappa shape index (κ3) is 10.9. The Bertz CT molecular complexity index is 1340. The summed E-state index contributed by atoms with van der Waals surface area (Å²) in [5.74, 6) is -0.649. The largest absolute Gasteiger partial charge is 0.488 e. The Hall–Kier alpha value is -4.36. The second kappa shape index (κ2) is 16.6. The number of benzene rings is 2. The third-order valence-electron chi connectivity index (χ3n) is 6.48. The Balaban J connectivity index is 1.96. The quantitative estimate of drug-likeness (QED) is 0.319. The number of carbonyl (C=O) groups excluding carboxylic acids is 4. The number of hydrogen-bond donors (Lipinski definition) is 1. The molecule has 1 aliphatic rings. The van der Waals surface area contributed by atoms with E-state index in [0.717, 1.165) is 5.56 Å².